The van der Waals surface area contributed by atoms with Crippen LogP contribution in [0.4, 0.5) is 24.5 Å². The summed E-state index contributed by atoms with van der Waals surface area (Å²) in [5.74, 6) is 0. The minimum atomic E-state index is -4.26. The molecule has 0 aliphatic carbocycles. The second-order valence-electron chi connectivity index (χ2n) is 4.56. The normalized spacial score (nSPS) is 11.7. The van der Waals surface area contributed by atoms with E-state index in [2.05, 4.69) is 5.32 Å². The number of rotatable bonds is 7. The average Bonchev–Trinajstić information content (AvgIpc) is 2.36. The number of nitrogens with one attached hydrogen (secondary N) is 1. The van der Waals surface area contributed by atoms with E-state index in [1.54, 1.807) is 13.8 Å². The maximum absolute atomic E-state index is 12.4. The van der Waals surface area contributed by atoms with E-state index in [-0.39, 0.29) is 18.8 Å². The molecule has 118 valence electrons. The second kappa shape index (κ2) is 7.26. The summed E-state index contributed by atoms with van der Waals surface area (Å²) in [6.07, 6.45) is -4.26. The van der Waals surface area contributed by atoms with E-state index in [9.17, 15) is 23.3 Å². The molecule has 0 heterocycles. The Bertz CT molecular complexity index is 492. The molecule has 1 aromatic carbocycles. The fourth-order valence-corrected chi connectivity index (χ4v) is 1.96. The average molecular weight is 305 g/mol. The fourth-order valence-electron chi connectivity index (χ4n) is 1.96. The highest BCUT2D eigenvalue weighted by atomic mass is 19.4. The zero-order valence-corrected chi connectivity index (χ0v) is 11.9. The van der Waals surface area contributed by atoms with Gasteiger partial charge in [-0.15, -0.1) is 0 Å². The monoisotopic (exact) mass is 305 g/mol. The SMILES string of the molecule is CCNc1cc(CN(CC)CC(F)(F)F)ccc1[N+](=O)[O-]. The van der Waals surface area contributed by atoms with E-state index in [0.29, 0.717) is 17.8 Å². The Morgan fingerprint density at radius 1 is 1.33 bits per heavy atom. The van der Waals surface area contributed by atoms with Crippen LogP contribution in [0, 0.1) is 10.1 Å². The predicted molar refractivity (Wildman–Crippen MR) is 74.3 cm³/mol. The summed E-state index contributed by atoms with van der Waals surface area (Å²) in [4.78, 5) is 11.6. The van der Waals surface area contributed by atoms with Crippen molar-refractivity contribution in [2.45, 2.75) is 26.6 Å². The zero-order valence-electron chi connectivity index (χ0n) is 11.9. The Kier molecular flexibility index (Phi) is 5.95. The lowest BCUT2D eigenvalue weighted by atomic mass is 10.1. The molecule has 21 heavy (non-hydrogen) atoms. The molecule has 1 rings (SSSR count). The van der Waals surface area contributed by atoms with E-state index in [4.69, 9.17) is 0 Å². The quantitative estimate of drug-likeness (QED) is 0.619. The predicted octanol–water partition coefficient (Wildman–Crippen LogP) is 3.41. The standard InChI is InChI=1S/C13H18F3N3O2/c1-3-17-11-7-10(5-6-12(11)19(20)21)8-18(4-2)9-13(14,15)16/h5-7,17H,3-4,8-9H2,1-2H3. The van der Waals surface area contributed by atoms with Gasteiger partial charge in [-0.25, -0.2) is 0 Å². The van der Waals surface area contributed by atoms with Crippen LogP contribution < -0.4 is 5.32 Å². The van der Waals surface area contributed by atoms with Crippen LogP contribution in [0.25, 0.3) is 0 Å². The van der Waals surface area contributed by atoms with Crippen molar-refractivity contribution in [1.29, 1.82) is 0 Å². The van der Waals surface area contributed by atoms with E-state index in [1.165, 1.54) is 23.1 Å². The van der Waals surface area contributed by atoms with Crippen molar-refractivity contribution in [1.82, 2.24) is 4.90 Å². The molecule has 8 heteroatoms. The Hall–Kier alpha value is -1.83. The van der Waals surface area contributed by atoms with Crippen LogP contribution in [0.5, 0.6) is 0 Å². The number of nitrogens with zero attached hydrogens (tertiary/aromatic N) is 2. The molecule has 0 aliphatic heterocycles. The molecule has 0 bridgehead atoms. The van der Waals surface area contributed by atoms with E-state index in [0.717, 1.165) is 0 Å². The van der Waals surface area contributed by atoms with Crippen LogP contribution in [0.1, 0.15) is 19.4 Å². The van der Waals surface area contributed by atoms with Gasteiger partial charge in [-0.3, -0.25) is 15.0 Å². The number of hydrogen-bond donors (Lipinski definition) is 1. The first-order valence-corrected chi connectivity index (χ1v) is 6.57. The number of nitro groups is 1. The van der Waals surface area contributed by atoms with Crippen LogP contribution in [0.2, 0.25) is 0 Å². The highest BCUT2D eigenvalue weighted by Gasteiger charge is 2.30. The first-order valence-electron chi connectivity index (χ1n) is 6.57. The lowest BCUT2D eigenvalue weighted by molar-refractivity contribution is -0.384. The van der Waals surface area contributed by atoms with Crippen molar-refractivity contribution in [2.24, 2.45) is 0 Å². The number of nitro benzene ring substituents is 1. The molecule has 0 saturated heterocycles. The topological polar surface area (TPSA) is 58.4 Å². The Labute approximate surface area is 120 Å². The summed E-state index contributed by atoms with van der Waals surface area (Å²) in [5.41, 5.74) is 0.838. The van der Waals surface area contributed by atoms with Crippen molar-refractivity contribution < 1.29 is 18.1 Å². The molecule has 1 aromatic rings. The molecular formula is C13H18F3N3O2. The fraction of sp³-hybridized carbons (Fsp3) is 0.538. The highest BCUT2D eigenvalue weighted by molar-refractivity contribution is 5.62. The largest absolute Gasteiger partial charge is 0.401 e. The summed E-state index contributed by atoms with van der Waals surface area (Å²) in [6.45, 7) is 3.25. The van der Waals surface area contributed by atoms with Crippen LogP contribution in [0.3, 0.4) is 0 Å². The maximum Gasteiger partial charge on any atom is 0.401 e. The van der Waals surface area contributed by atoms with Gasteiger partial charge >= 0.3 is 6.18 Å². The molecule has 0 radical (unpaired) electrons. The van der Waals surface area contributed by atoms with Crippen molar-refractivity contribution in [3.63, 3.8) is 0 Å². The van der Waals surface area contributed by atoms with Gasteiger partial charge in [0.15, 0.2) is 0 Å². The number of hydrogen-bond acceptors (Lipinski definition) is 4. The van der Waals surface area contributed by atoms with E-state index in [1.807, 2.05) is 0 Å². The molecule has 0 aliphatic rings. The number of halogens is 3. The Morgan fingerprint density at radius 2 is 2.00 bits per heavy atom. The lowest BCUT2D eigenvalue weighted by Gasteiger charge is -2.22. The van der Waals surface area contributed by atoms with Crippen LogP contribution >= 0.6 is 0 Å². The lowest BCUT2D eigenvalue weighted by Crippen LogP contribution is -2.33. The molecule has 1 N–H and O–H groups in total. The summed E-state index contributed by atoms with van der Waals surface area (Å²) >= 11 is 0. The van der Waals surface area contributed by atoms with Gasteiger partial charge in [-0.2, -0.15) is 13.2 Å². The Morgan fingerprint density at radius 3 is 2.48 bits per heavy atom. The number of benzene rings is 1. The second-order valence-corrected chi connectivity index (χ2v) is 4.56. The molecule has 5 nitrogen and oxygen atoms in total. The third-order valence-corrected chi connectivity index (χ3v) is 2.88. The van der Waals surface area contributed by atoms with Gasteiger partial charge < -0.3 is 5.32 Å². The van der Waals surface area contributed by atoms with Gasteiger partial charge in [0.05, 0.1) is 11.5 Å². The summed E-state index contributed by atoms with van der Waals surface area (Å²) in [7, 11) is 0. The number of anilines is 1. The van der Waals surface area contributed by atoms with Gasteiger partial charge in [0.2, 0.25) is 0 Å². The molecule has 0 saturated carbocycles. The molecule has 0 aromatic heterocycles. The summed E-state index contributed by atoms with van der Waals surface area (Å²) < 4.78 is 37.3. The minimum absolute atomic E-state index is 0.0838. The van der Waals surface area contributed by atoms with Crippen molar-refractivity contribution in [2.75, 3.05) is 25.0 Å². The van der Waals surface area contributed by atoms with Gasteiger partial charge in [-0.05, 0) is 25.1 Å². The van der Waals surface area contributed by atoms with Gasteiger partial charge in [0.1, 0.15) is 5.69 Å². The van der Waals surface area contributed by atoms with Crippen molar-refractivity contribution in [3.05, 3.63) is 33.9 Å². The van der Waals surface area contributed by atoms with Gasteiger partial charge in [-0.1, -0.05) is 13.0 Å². The molecule has 0 atom stereocenters. The smallest absolute Gasteiger partial charge is 0.380 e. The van der Waals surface area contributed by atoms with Crippen molar-refractivity contribution >= 4 is 11.4 Å². The van der Waals surface area contributed by atoms with Gasteiger partial charge in [0, 0.05) is 19.2 Å². The number of alkyl halides is 3. The highest BCUT2D eigenvalue weighted by Crippen LogP contribution is 2.26. The molecule has 0 spiro atoms. The third-order valence-electron chi connectivity index (χ3n) is 2.88. The summed E-state index contributed by atoms with van der Waals surface area (Å²) in [6, 6.07) is 4.33. The van der Waals surface area contributed by atoms with Crippen molar-refractivity contribution in [3.8, 4) is 0 Å². The molecule has 0 unspecified atom stereocenters. The van der Waals surface area contributed by atoms with Gasteiger partial charge in [0.25, 0.3) is 5.69 Å². The van der Waals surface area contributed by atoms with E-state index >= 15 is 0 Å². The molecular weight excluding hydrogens is 287 g/mol. The van der Waals surface area contributed by atoms with Crippen LogP contribution in [-0.4, -0.2) is 35.6 Å². The minimum Gasteiger partial charge on any atom is -0.380 e. The first kappa shape index (κ1) is 17.2. The first-order chi connectivity index (χ1) is 9.76. The van der Waals surface area contributed by atoms with Crippen LogP contribution in [0.15, 0.2) is 18.2 Å². The molecule has 0 amide bonds. The maximum atomic E-state index is 12.4. The van der Waals surface area contributed by atoms with Crippen LogP contribution in [-0.2, 0) is 6.54 Å². The zero-order chi connectivity index (χ0) is 16.0. The summed E-state index contributed by atoms with van der Waals surface area (Å²) in [5, 5.41) is 13.7. The van der Waals surface area contributed by atoms with E-state index < -0.39 is 17.6 Å². The molecule has 0 fully saturated rings. The Balaban J connectivity index is 2.92. The third kappa shape index (κ3) is 5.58.